The summed E-state index contributed by atoms with van der Waals surface area (Å²) in [6.07, 6.45) is 5.37. The zero-order valence-electron chi connectivity index (χ0n) is 11.5. The minimum atomic E-state index is -3.83. The van der Waals surface area contributed by atoms with Crippen molar-refractivity contribution in [3.8, 4) is 5.75 Å². The van der Waals surface area contributed by atoms with Gasteiger partial charge in [0.1, 0.15) is 16.5 Å². The molecule has 2 rings (SSSR count). The molecule has 20 heavy (non-hydrogen) atoms. The number of halogens is 1. The smallest absolute Gasteiger partial charge is 0.182 e. The molecule has 0 atom stereocenters. The minimum Gasteiger partial charge on any atom is -0.506 e. The van der Waals surface area contributed by atoms with Gasteiger partial charge < -0.3 is 10.8 Å². The standard InChI is InChI=1S/C14H20FNO3S/c1-20(18,19)13-11(17)6-5-10(12(13)15)14(9-16)7-3-2-4-8-14/h5-6,17H,2-4,7-9,16H2,1H3. The molecular weight excluding hydrogens is 281 g/mol. The first-order valence-electron chi connectivity index (χ1n) is 6.74. The average Bonchev–Trinajstić information content (AvgIpc) is 2.38. The monoisotopic (exact) mass is 301 g/mol. The maximum Gasteiger partial charge on any atom is 0.182 e. The van der Waals surface area contributed by atoms with Crippen molar-refractivity contribution >= 4 is 9.84 Å². The highest BCUT2D eigenvalue weighted by molar-refractivity contribution is 7.90. The highest BCUT2D eigenvalue weighted by atomic mass is 32.2. The molecule has 6 heteroatoms. The summed E-state index contributed by atoms with van der Waals surface area (Å²) in [5.74, 6) is -1.39. The Kier molecular flexibility index (Phi) is 4.07. The van der Waals surface area contributed by atoms with Crippen LogP contribution in [0.4, 0.5) is 4.39 Å². The van der Waals surface area contributed by atoms with Crippen LogP contribution in [0.2, 0.25) is 0 Å². The number of rotatable bonds is 3. The van der Waals surface area contributed by atoms with Gasteiger partial charge in [0, 0.05) is 18.2 Å². The molecule has 0 heterocycles. The molecule has 0 amide bonds. The van der Waals surface area contributed by atoms with Crippen molar-refractivity contribution in [3.63, 3.8) is 0 Å². The molecule has 0 aliphatic heterocycles. The van der Waals surface area contributed by atoms with Gasteiger partial charge in [-0.15, -0.1) is 0 Å². The van der Waals surface area contributed by atoms with Crippen molar-refractivity contribution in [1.82, 2.24) is 0 Å². The average molecular weight is 301 g/mol. The number of phenols is 1. The number of sulfone groups is 1. The molecule has 0 aromatic heterocycles. The van der Waals surface area contributed by atoms with Crippen molar-refractivity contribution in [2.45, 2.75) is 42.4 Å². The van der Waals surface area contributed by atoms with Gasteiger partial charge in [0.25, 0.3) is 0 Å². The first-order valence-corrected chi connectivity index (χ1v) is 8.63. The lowest BCUT2D eigenvalue weighted by Crippen LogP contribution is -2.38. The van der Waals surface area contributed by atoms with Crippen LogP contribution in [0.25, 0.3) is 0 Å². The highest BCUT2D eigenvalue weighted by Crippen LogP contribution is 2.42. The Morgan fingerprint density at radius 2 is 1.90 bits per heavy atom. The molecular formula is C14H20FNO3S. The SMILES string of the molecule is CS(=O)(=O)c1c(O)ccc(C2(CN)CCCCC2)c1F. The predicted octanol–water partition coefficient (Wildman–Crippen LogP) is 2.10. The quantitative estimate of drug-likeness (QED) is 0.896. The Labute approximate surface area is 118 Å². The number of benzene rings is 1. The summed E-state index contributed by atoms with van der Waals surface area (Å²) in [7, 11) is -3.83. The number of nitrogens with two attached hydrogens (primary N) is 1. The van der Waals surface area contributed by atoms with Crippen molar-refractivity contribution in [3.05, 3.63) is 23.5 Å². The molecule has 1 aliphatic rings. The number of phenolic OH excluding ortho intramolecular Hbond substituents is 1. The van der Waals surface area contributed by atoms with Crippen molar-refractivity contribution in [1.29, 1.82) is 0 Å². The lowest BCUT2D eigenvalue weighted by molar-refractivity contribution is 0.288. The molecule has 112 valence electrons. The second-order valence-electron chi connectivity index (χ2n) is 5.59. The van der Waals surface area contributed by atoms with Gasteiger partial charge in [0.2, 0.25) is 0 Å². The van der Waals surface area contributed by atoms with Crippen molar-refractivity contribution < 1.29 is 17.9 Å². The van der Waals surface area contributed by atoms with E-state index < -0.39 is 31.7 Å². The Bertz CT molecular complexity index is 607. The fourth-order valence-electron chi connectivity index (χ4n) is 3.12. The third-order valence-electron chi connectivity index (χ3n) is 4.22. The predicted molar refractivity (Wildman–Crippen MR) is 75.0 cm³/mol. The largest absolute Gasteiger partial charge is 0.506 e. The Hall–Kier alpha value is -1.14. The van der Waals surface area contributed by atoms with Crippen LogP contribution in [0, 0.1) is 5.82 Å². The third-order valence-corrected chi connectivity index (χ3v) is 5.35. The Morgan fingerprint density at radius 3 is 2.40 bits per heavy atom. The maximum absolute atomic E-state index is 14.7. The van der Waals surface area contributed by atoms with E-state index in [-0.39, 0.29) is 6.54 Å². The van der Waals surface area contributed by atoms with E-state index in [0.29, 0.717) is 5.56 Å². The van der Waals surface area contributed by atoms with Crippen molar-refractivity contribution in [2.75, 3.05) is 12.8 Å². The summed E-state index contributed by atoms with van der Waals surface area (Å²) in [6, 6.07) is 2.72. The van der Waals surface area contributed by atoms with Gasteiger partial charge in [-0.25, -0.2) is 12.8 Å². The van der Waals surface area contributed by atoms with Crippen molar-refractivity contribution in [2.24, 2.45) is 5.73 Å². The van der Waals surface area contributed by atoms with Gasteiger partial charge in [0.05, 0.1) is 0 Å². The van der Waals surface area contributed by atoms with Crippen LogP contribution in [0.5, 0.6) is 5.75 Å². The van der Waals surface area contributed by atoms with Gasteiger partial charge >= 0.3 is 0 Å². The van der Waals surface area contributed by atoms with Gasteiger partial charge in [-0.1, -0.05) is 25.3 Å². The van der Waals surface area contributed by atoms with E-state index in [1.165, 1.54) is 12.1 Å². The summed E-state index contributed by atoms with van der Waals surface area (Å²) in [6.45, 7) is 0.276. The molecule has 1 aromatic carbocycles. The molecule has 1 fully saturated rings. The van der Waals surface area contributed by atoms with Crippen LogP contribution in [0.1, 0.15) is 37.7 Å². The molecule has 3 N–H and O–H groups in total. The normalized spacial score (nSPS) is 18.9. The topological polar surface area (TPSA) is 80.4 Å². The summed E-state index contributed by atoms with van der Waals surface area (Å²) in [5, 5.41) is 9.66. The summed E-state index contributed by atoms with van der Waals surface area (Å²) in [4.78, 5) is -0.617. The maximum atomic E-state index is 14.7. The summed E-state index contributed by atoms with van der Waals surface area (Å²) in [5.41, 5.74) is 5.66. The molecule has 0 spiro atoms. The van der Waals surface area contributed by atoms with E-state index in [0.717, 1.165) is 38.4 Å². The number of hydrogen-bond acceptors (Lipinski definition) is 4. The van der Waals surface area contributed by atoms with E-state index >= 15 is 0 Å². The number of aromatic hydroxyl groups is 1. The van der Waals surface area contributed by atoms with Crippen LogP contribution in [0.15, 0.2) is 17.0 Å². The van der Waals surface area contributed by atoms with Crippen LogP contribution in [0.3, 0.4) is 0 Å². The van der Waals surface area contributed by atoms with Crippen LogP contribution in [-0.4, -0.2) is 26.3 Å². The Morgan fingerprint density at radius 1 is 1.30 bits per heavy atom. The lowest BCUT2D eigenvalue weighted by Gasteiger charge is -2.37. The van der Waals surface area contributed by atoms with Crippen LogP contribution in [-0.2, 0) is 15.3 Å². The second-order valence-corrected chi connectivity index (χ2v) is 7.55. The zero-order valence-corrected chi connectivity index (χ0v) is 12.3. The van der Waals surface area contributed by atoms with Gasteiger partial charge in [-0.05, 0) is 24.5 Å². The van der Waals surface area contributed by atoms with E-state index in [9.17, 15) is 17.9 Å². The molecule has 1 saturated carbocycles. The molecule has 0 radical (unpaired) electrons. The molecule has 1 aliphatic carbocycles. The second kappa shape index (κ2) is 5.33. The summed E-state index contributed by atoms with van der Waals surface area (Å²) < 4.78 is 38.0. The molecule has 1 aromatic rings. The highest BCUT2D eigenvalue weighted by Gasteiger charge is 2.37. The summed E-state index contributed by atoms with van der Waals surface area (Å²) >= 11 is 0. The van der Waals surface area contributed by atoms with E-state index in [1.807, 2.05) is 0 Å². The van der Waals surface area contributed by atoms with E-state index in [2.05, 4.69) is 0 Å². The van der Waals surface area contributed by atoms with Gasteiger partial charge in [-0.2, -0.15) is 0 Å². The third kappa shape index (κ3) is 2.54. The lowest BCUT2D eigenvalue weighted by atomic mass is 9.69. The molecule has 0 unspecified atom stereocenters. The molecule has 0 bridgehead atoms. The fraction of sp³-hybridized carbons (Fsp3) is 0.571. The molecule has 4 nitrogen and oxygen atoms in total. The van der Waals surface area contributed by atoms with Gasteiger partial charge in [0.15, 0.2) is 9.84 Å². The Balaban J connectivity index is 2.64. The van der Waals surface area contributed by atoms with E-state index in [4.69, 9.17) is 5.73 Å². The first kappa shape index (κ1) is 15.3. The number of hydrogen-bond donors (Lipinski definition) is 2. The first-order chi connectivity index (χ1) is 9.32. The van der Waals surface area contributed by atoms with Gasteiger partial charge in [-0.3, -0.25) is 0 Å². The zero-order chi connectivity index (χ0) is 15.0. The van der Waals surface area contributed by atoms with Crippen LogP contribution >= 0.6 is 0 Å². The fourth-order valence-corrected chi connectivity index (χ4v) is 4.00. The molecule has 0 saturated heterocycles. The van der Waals surface area contributed by atoms with E-state index in [1.54, 1.807) is 0 Å². The van der Waals surface area contributed by atoms with Crippen LogP contribution < -0.4 is 5.73 Å². The minimum absolute atomic E-state index is 0.276.